The van der Waals surface area contributed by atoms with E-state index in [-0.39, 0.29) is 5.75 Å². The number of nitrogens with two attached hydrogens (primary N) is 1. The van der Waals surface area contributed by atoms with E-state index in [9.17, 15) is 5.11 Å². The van der Waals surface area contributed by atoms with Gasteiger partial charge in [0.2, 0.25) is 0 Å². The van der Waals surface area contributed by atoms with Crippen LogP contribution in [-0.2, 0) is 0 Å². The summed E-state index contributed by atoms with van der Waals surface area (Å²) in [7, 11) is 3.17. The summed E-state index contributed by atoms with van der Waals surface area (Å²) < 4.78 is 10.4. The maximum Gasteiger partial charge on any atom is 0.125 e. The Balaban J connectivity index is 2.55. The summed E-state index contributed by atoms with van der Waals surface area (Å²) in [4.78, 5) is 0. The number of aromatic hydroxyl groups is 1. The van der Waals surface area contributed by atoms with E-state index in [1.54, 1.807) is 32.4 Å². The van der Waals surface area contributed by atoms with Crippen LogP contribution in [0, 0.1) is 0 Å². The molecule has 0 unspecified atom stereocenters. The van der Waals surface area contributed by atoms with Crippen molar-refractivity contribution >= 4 is 5.69 Å². The van der Waals surface area contributed by atoms with Gasteiger partial charge in [0.15, 0.2) is 0 Å². The Kier molecular flexibility index (Phi) is 3.28. The molecule has 4 nitrogen and oxygen atoms in total. The van der Waals surface area contributed by atoms with Crippen molar-refractivity contribution in [1.82, 2.24) is 0 Å². The molecule has 4 heteroatoms. The van der Waals surface area contributed by atoms with Crippen LogP contribution in [0.15, 0.2) is 36.4 Å². The molecule has 0 atom stereocenters. The lowest BCUT2D eigenvalue weighted by Gasteiger charge is -2.10. The molecule has 0 saturated heterocycles. The average Bonchev–Trinajstić information content (AvgIpc) is 2.38. The molecule has 0 amide bonds. The van der Waals surface area contributed by atoms with Crippen molar-refractivity contribution in [2.24, 2.45) is 0 Å². The van der Waals surface area contributed by atoms with Crippen molar-refractivity contribution < 1.29 is 14.6 Å². The summed E-state index contributed by atoms with van der Waals surface area (Å²) in [5.74, 6) is 1.46. The first kappa shape index (κ1) is 12.1. The third kappa shape index (κ3) is 2.32. The number of hydrogen-bond acceptors (Lipinski definition) is 4. The van der Waals surface area contributed by atoms with Gasteiger partial charge in [0, 0.05) is 23.4 Å². The van der Waals surface area contributed by atoms with Gasteiger partial charge in [0.25, 0.3) is 0 Å². The molecule has 2 aromatic rings. The lowest BCUT2D eigenvalue weighted by molar-refractivity contribution is 0.394. The molecule has 0 aliphatic rings. The zero-order chi connectivity index (χ0) is 13.1. The van der Waals surface area contributed by atoms with Crippen LogP contribution in [0.3, 0.4) is 0 Å². The molecule has 0 radical (unpaired) electrons. The molecular formula is C14H15NO3. The van der Waals surface area contributed by atoms with Gasteiger partial charge in [0.05, 0.1) is 14.2 Å². The highest BCUT2D eigenvalue weighted by Crippen LogP contribution is 2.35. The van der Waals surface area contributed by atoms with Gasteiger partial charge in [-0.2, -0.15) is 0 Å². The monoisotopic (exact) mass is 245 g/mol. The van der Waals surface area contributed by atoms with Crippen molar-refractivity contribution in [3.05, 3.63) is 36.4 Å². The summed E-state index contributed by atoms with van der Waals surface area (Å²) in [6.07, 6.45) is 0. The minimum atomic E-state index is 0.130. The molecule has 0 heterocycles. The van der Waals surface area contributed by atoms with E-state index in [0.29, 0.717) is 22.7 Å². The van der Waals surface area contributed by atoms with Gasteiger partial charge < -0.3 is 20.3 Å². The van der Waals surface area contributed by atoms with Crippen molar-refractivity contribution in [2.45, 2.75) is 0 Å². The Bertz CT molecular complexity index is 545. The maximum atomic E-state index is 9.91. The fraction of sp³-hybridized carbons (Fsp3) is 0.143. The van der Waals surface area contributed by atoms with Gasteiger partial charge in [-0.3, -0.25) is 0 Å². The molecule has 3 N–H and O–H groups in total. The Morgan fingerprint density at radius 1 is 0.944 bits per heavy atom. The third-order valence-electron chi connectivity index (χ3n) is 2.68. The molecule has 0 bridgehead atoms. The summed E-state index contributed by atoms with van der Waals surface area (Å²) in [5.41, 5.74) is 7.62. The standard InChI is InChI=1S/C14H15NO3/c1-17-11-5-9(6-12(8-11)18-2)13-4-3-10(15)7-14(13)16/h3-8,16H,15H2,1-2H3. The minimum absolute atomic E-state index is 0.130. The number of phenols is 1. The molecule has 2 rings (SSSR count). The number of hydrogen-bond donors (Lipinski definition) is 2. The van der Waals surface area contributed by atoms with Crippen LogP contribution in [-0.4, -0.2) is 19.3 Å². The zero-order valence-electron chi connectivity index (χ0n) is 10.3. The molecule has 0 spiro atoms. The quantitative estimate of drug-likeness (QED) is 0.816. The number of nitrogen functional groups attached to an aromatic ring is 1. The first-order valence-electron chi connectivity index (χ1n) is 5.46. The molecule has 0 aliphatic carbocycles. The molecule has 0 aliphatic heterocycles. The van der Waals surface area contributed by atoms with Gasteiger partial charge >= 0.3 is 0 Å². The third-order valence-corrected chi connectivity index (χ3v) is 2.68. The van der Waals surface area contributed by atoms with Gasteiger partial charge in [0.1, 0.15) is 17.2 Å². The second-order valence-electron chi connectivity index (χ2n) is 3.88. The van der Waals surface area contributed by atoms with Crippen LogP contribution in [0.5, 0.6) is 17.2 Å². The number of benzene rings is 2. The molecule has 94 valence electrons. The normalized spacial score (nSPS) is 10.1. The topological polar surface area (TPSA) is 64.7 Å². The summed E-state index contributed by atoms with van der Waals surface area (Å²) >= 11 is 0. The van der Waals surface area contributed by atoms with Crippen molar-refractivity contribution in [3.63, 3.8) is 0 Å². The summed E-state index contributed by atoms with van der Waals surface area (Å²) in [5, 5.41) is 9.91. The van der Waals surface area contributed by atoms with Crippen LogP contribution in [0.1, 0.15) is 0 Å². The second kappa shape index (κ2) is 4.87. The first-order chi connectivity index (χ1) is 8.63. The Hall–Kier alpha value is -2.36. The van der Waals surface area contributed by atoms with Gasteiger partial charge in [-0.15, -0.1) is 0 Å². The molecule has 0 fully saturated rings. The minimum Gasteiger partial charge on any atom is -0.507 e. The summed E-state index contributed by atoms with van der Waals surface area (Å²) in [6, 6.07) is 10.4. The Labute approximate surface area is 106 Å². The lowest BCUT2D eigenvalue weighted by Crippen LogP contribution is -1.90. The highest BCUT2D eigenvalue weighted by molar-refractivity contribution is 5.74. The predicted octanol–water partition coefficient (Wildman–Crippen LogP) is 2.66. The number of phenolic OH excluding ortho intramolecular Hbond substituents is 1. The van der Waals surface area contributed by atoms with Gasteiger partial charge in [-0.1, -0.05) is 0 Å². The number of anilines is 1. The molecular weight excluding hydrogens is 230 g/mol. The molecule has 0 saturated carbocycles. The predicted molar refractivity (Wildman–Crippen MR) is 71.1 cm³/mol. The van der Waals surface area contributed by atoms with E-state index < -0.39 is 0 Å². The van der Waals surface area contributed by atoms with Crippen LogP contribution < -0.4 is 15.2 Å². The molecule has 18 heavy (non-hydrogen) atoms. The Morgan fingerprint density at radius 2 is 1.56 bits per heavy atom. The molecule has 2 aromatic carbocycles. The van der Waals surface area contributed by atoms with Gasteiger partial charge in [-0.05, 0) is 29.8 Å². The lowest BCUT2D eigenvalue weighted by atomic mass is 10.0. The highest BCUT2D eigenvalue weighted by atomic mass is 16.5. The SMILES string of the molecule is COc1cc(OC)cc(-c2ccc(N)cc2O)c1. The number of methoxy groups -OCH3 is 2. The van der Waals surface area contributed by atoms with Gasteiger partial charge in [-0.25, -0.2) is 0 Å². The van der Waals surface area contributed by atoms with Crippen molar-refractivity contribution in [3.8, 4) is 28.4 Å². The van der Waals surface area contributed by atoms with E-state index in [2.05, 4.69) is 0 Å². The number of ether oxygens (including phenoxy) is 2. The highest BCUT2D eigenvalue weighted by Gasteiger charge is 2.08. The second-order valence-corrected chi connectivity index (χ2v) is 3.88. The maximum absolute atomic E-state index is 9.91. The summed E-state index contributed by atoms with van der Waals surface area (Å²) in [6.45, 7) is 0. The fourth-order valence-electron chi connectivity index (χ4n) is 1.76. The van der Waals surface area contributed by atoms with E-state index in [1.165, 1.54) is 6.07 Å². The number of rotatable bonds is 3. The van der Waals surface area contributed by atoms with E-state index in [0.717, 1.165) is 5.56 Å². The average molecular weight is 245 g/mol. The first-order valence-corrected chi connectivity index (χ1v) is 5.46. The van der Waals surface area contributed by atoms with E-state index >= 15 is 0 Å². The fourth-order valence-corrected chi connectivity index (χ4v) is 1.76. The zero-order valence-corrected chi connectivity index (χ0v) is 10.3. The van der Waals surface area contributed by atoms with Crippen molar-refractivity contribution in [1.29, 1.82) is 0 Å². The van der Waals surface area contributed by atoms with E-state index in [1.807, 2.05) is 12.1 Å². The Morgan fingerprint density at radius 3 is 2.06 bits per heavy atom. The smallest absolute Gasteiger partial charge is 0.125 e. The molecule has 0 aromatic heterocycles. The van der Waals surface area contributed by atoms with Crippen LogP contribution in [0.4, 0.5) is 5.69 Å². The van der Waals surface area contributed by atoms with Crippen LogP contribution in [0.25, 0.3) is 11.1 Å². The van der Waals surface area contributed by atoms with Crippen LogP contribution >= 0.6 is 0 Å². The van der Waals surface area contributed by atoms with Crippen molar-refractivity contribution in [2.75, 3.05) is 20.0 Å². The van der Waals surface area contributed by atoms with E-state index in [4.69, 9.17) is 15.2 Å². The largest absolute Gasteiger partial charge is 0.507 e. The van der Waals surface area contributed by atoms with Crippen LogP contribution in [0.2, 0.25) is 0 Å².